The summed E-state index contributed by atoms with van der Waals surface area (Å²) in [5, 5.41) is 2.97. The standard InChI is InChI=1S/C14H23N3O/c1-2-3-4-13(10-15)17-14(18)9-11-5-7-12(16)8-6-11/h5-8,13H,2-4,9-10,15-16H2,1H3,(H,17,18). The largest absolute Gasteiger partial charge is 0.399 e. The maximum Gasteiger partial charge on any atom is 0.224 e. The number of nitrogens with two attached hydrogens (primary N) is 2. The summed E-state index contributed by atoms with van der Waals surface area (Å²) in [7, 11) is 0. The average Bonchev–Trinajstić information content (AvgIpc) is 2.37. The summed E-state index contributed by atoms with van der Waals surface area (Å²) in [6, 6.07) is 7.45. The molecule has 18 heavy (non-hydrogen) atoms. The molecule has 1 aromatic rings. The highest BCUT2D eigenvalue weighted by Crippen LogP contribution is 2.06. The number of amides is 1. The molecule has 0 aromatic heterocycles. The topological polar surface area (TPSA) is 81.1 Å². The first-order chi connectivity index (χ1) is 8.65. The number of carbonyl (C=O) groups excluding carboxylic acids is 1. The van der Waals surface area contributed by atoms with Crippen LogP contribution in [0.4, 0.5) is 5.69 Å². The van der Waals surface area contributed by atoms with Gasteiger partial charge < -0.3 is 16.8 Å². The first kappa shape index (κ1) is 14.5. The van der Waals surface area contributed by atoms with Crippen molar-refractivity contribution in [2.45, 2.75) is 38.6 Å². The van der Waals surface area contributed by atoms with Crippen LogP contribution in [-0.4, -0.2) is 18.5 Å². The van der Waals surface area contributed by atoms with Crippen molar-refractivity contribution < 1.29 is 4.79 Å². The fourth-order valence-electron chi connectivity index (χ4n) is 1.80. The highest BCUT2D eigenvalue weighted by atomic mass is 16.1. The van der Waals surface area contributed by atoms with Crippen LogP contribution in [0.25, 0.3) is 0 Å². The van der Waals surface area contributed by atoms with E-state index < -0.39 is 0 Å². The Balaban J connectivity index is 2.42. The first-order valence-electron chi connectivity index (χ1n) is 6.49. The Kier molecular flexibility index (Phi) is 6.22. The SMILES string of the molecule is CCCCC(CN)NC(=O)Cc1ccc(N)cc1. The van der Waals surface area contributed by atoms with Gasteiger partial charge in [0.15, 0.2) is 0 Å². The van der Waals surface area contributed by atoms with Gasteiger partial charge in [-0.3, -0.25) is 4.79 Å². The van der Waals surface area contributed by atoms with Crippen molar-refractivity contribution in [2.24, 2.45) is 5.73 Å². The summed E-state index contributed by atoms with van der Waals surface area (Å²) in [6.07, 6.45) is 3.53. The summed E-state index contributed by atoms with van der Waals surface area (Å²) in [5.41, 5.74) is 12.9. The minimum atomic E-state index is 0.0197. The van der Waals surface area contributed by atoms with Crippen LogP contribution in [0.3, 0.4) is 0 Å². The molecule has 0 aliphatic carbocycles. The molecule has 5 N–H and O–H groups in total. The zero-order valence-corrected chi connectivity index (χ0v) is 11.0. The third-order valence-corrected chi connectivity index (χ3v) is 2.90. The Morgan fingerprint density at radius 1 is 1.33 bits per heavy atom. The van der Waals surface area contributed by atoms with E-state index in [2.05, 4.69) is 12.2 Å². The molecule has 1 amide bonds. The van der Waals surface area contributed by atoms with Gasteiger partial charge in [0.25, 0.3) is 0 Å². The number of unbranched alkanes of at least 4 members (excludes halogenated alkanes) is 1. The van der Waals surface area contributed by atoms with Crippen LogP contribution < -0.4 is 16.8 Å². The van der Waals surface area contributed by atoms with Gasteiger partial charge in [-0.25, -0.2) is 0 Å². The molecule has 0 saturated heterocycles. The Bertz CT molecular complexity index is 362. The maximum absolute atomic E-state index is 11.8. The molecule has 0 aliphatic heterocycles. The monoisotopic (exact) mass is 249 g/mol. The molecule has 0 spiro atoms. The number of hydrogen-bond acceptors (Lipinski definition) is 3. The van der Waals surface area contributed by atoms with Gasteiger partial charge in [-0.05, 0) is 24.1 Å². The van der Waals surface area contributed by atoms with Crippen molar-refractivity contribution in [3.63, 3.8) is 0 Å². The van der Waals surface area contributed by atoms with E-state index in [1.54, 1.807) is 12.1 Å². The van der Waals surface area contributed by atoms with Gasteiger partial charge in [0.1, 0.15) is 0 Å². The van der Waals surface area contributed by atoms with Crippen LogP contribution in [-0.2, 0) is 11.2 Å². The quantitative estimate of drug-likeness (QED) is 0.640. The number of carbonyl (C=O) groups is 1. The van der Waals surface area contributed by atoms with E-state index in [-0.39, 0.29) is 11.9 Å². The van der Waals surface area contributed by atoms with Crippen LogP contribution in [0.1, 0.15) is 31.7 Å². The summed E-state index contributed by atoms with van der Waals surface area (Å²) in [5.74, 6) is 0.0197. The lowest BCUT2D eigenvalue weighted by atomic mass is 10.1. The smallest absolute Gasteiger partial charge is 0.224 e. The lowest BCUT2D eigenvalue weighted by Crippen LogP contribution is -2.40. The molecular formula is C14H23N3O. The lowest BCUT2D eigenvalue weighted by Gasteiger charge is -2.16. The molecule has 0 fully saturated rings. The van der Waals surface area contributed by atoms with E-state index in [4.69, 9.17) is 11.5 Å². The number of nitrogens with one attached hydrogen (secondary N) is 1. The summed E-state index contributed by atoms with van der Waals surface area (Å²) < 4.78 is 0. The van der Waals surface area contributed by atoms with Crippen LogP contribution >= 0.6 is 0 Å². The van der Waals surface area contributed by atoms with Gasteiger partial charge in [0.05, 0.1) is 6.42 Å². The Labute approximate surface area is 109 Å². The maximum atomic E-state index is 11.8. The minimum absolute atomic E-state index is 0.0197. The van der Waals surface area contributed by atoms with Crippen molar-refractivity contribution >= 4 is 11.6 Å². The van der Waals surface area contributed by atoms with Crippen molar-refractivity contribution in [3.05, 3.63) is 29.8 Å². The van der Waals surface area contributed by atoms with Crippen LogP contribution in [0.5, 0.6) is 0 Å². The second-order valence-corrected chi connectivity index (χ2v) is 4.56. The second kappa shape index (κ2) is 7.71. The molecule has 0 radical (unpaired) electrons. The highest BCUT2D eigenvalue weighted by molar-refractivity contribution is 5.79. The predicted molar refractivity (Wildman–Crippen MR) is 75.1 cm³/mol. The van der Waals surface area contributed by atoms with E-state index in [0.29, 0.717) is 18.7 Å². The molecule has 1 rings (SSSR count). The van der Waals surface area contributed by atoms with Gasteiger partial charge >= 0.3 is 0 Å². The van der Waals surface area contributed by atoms with Gasteiger partial charge in [0, 0.05) is 18.3 Å². The van der Waals surface area contributed by atoms with E-state index >= 15 is 0 Å². The van der Waals surface area contributed by atoms with Crippen molar-refractivity contribution in [3.8, 4) is 0 Å². The number of hydrogen-bond donors (Lipinski definition) is 3. The Morgan fingerprint density at radius 2 is 2.00 bits per heavy atom. The zero-order valence-electron chi connectivity index (χ0n) is 11.0. The summed E-state index contributed by atoms with van der Waals surface area (Å²) in [4.78, 5) is 11.8. The van der Waals surface area contributed by atoms with Crippen LogP contribution in [0, 0.1) is 0 Å². The molecule has 0 saturated carbocycles. The van der Waals surface area contributed by atoms with Gasteiger partial charge in [0.2, 0.25) is 5.91 Å². The third kappa shape index (κ3) is 5.19. The molecule has 0 heterocycles. The van der Waals surface area contributed by atoms with Crippen molar-refractivity contribution in [2.75, 3.05) is 12.3 Å². The number of benzene rings is 1. The molecule has 1 aromatic carbocycles. The van der Waals surface area contributed by atoms with Crippen LogP contribution in [0.2, 0.25) is 0 Å². The lowest BCUT2D eigenvalue weighted by molar-refractivity contribution is -0.121. The number of anilines is 1. The minimum Gasteiger partial charge on any atom is -0.399 e. The average molecular weight is 249 g/mol. The van der Waals surface area contributed by atoms with Gasteiger partial charge in [-0.2, -0.15) is 0 Å². The molecular weight excluding hydrogens is 226 g/mol. The third-order valence-electron chi connectivity index (χ3n) is 2.90. The van der Waals surface area contributed by atoms with Crippen molar-refractivity contribution in [1.82, 2.24) is 5.32 Å². The molecule has 100 valence electrons. The fraction of sp³-hybridized carbons (Fsp3) is 0.500. The van der Waals surface area contributed by atoms with E-state index in [1.165, 1.54) is 0 Å². The van der Waals surface area contributed by atoms with Gasteiger partial charge in [-0.15, -0.1) is 0 Å². The van der Waals surface area contributed by atoms with Crippen molar-refractivity contribution in [1.29, 1.82) is 0 Å². The highest BCUT2D eigenvalue weighted by Gasteiger charge is 2.10. The fourth-order valence-corrected chi connectivity index (χ4v) is 1.80. The van der Waals surface area contributed by atoms with E-state index in [9.17, 15) is 4.79 Å². The Hall–Kier alpha value is -1.55. The normalized spacial score (nSPS) is 12.1. The predicted octanol–water partition coefficient (Wildman–Crippen LogP) is 1.44. The second-order valence-electron chi connectivity index (χ2n) is 4.56. The molecule has 4 heteroatoms. The first-order valence-corrected chi connectivity index (χ1v) is 6.49. The summed E-state index contributed by atoms with van der Waals surface area (Å²) in [6.45, 7) is 2.62. The molecule has 1 unspecified atom stereocenters. The van der Waals surface area contributed by atoms with E-state index in [1.807, 2.05) is 12.1 Å². The zero-order chi connectivity index (χ0) is 13.4. The van der Waals surface area contributed by atoms with Crippen LogP contribution in [0.15, 0.2) is 24.3 Å². The molecule has 1 atom stereocenters. The molecule has 0 aliphatic rings. The molecule has 0 bridgehead atoms. The van der Waals surface area contributed by atoms with E-state index in [0.717, 1.165) is 24.8 Å². The van der Waals surface area contributed by atoms with Gasteiger partial charge in [-0.1, -0.05) is 31.9 Å². The number of rotatable bonds is 7. The Morgan fingerprint density at radius 3 is 2.56 bits per heavy atom. The number of nitrogen functional groups attached to an aromatic ring is 1. The molecule has 4 nitrogen and oxygen atoms in total. The summed E-state index contributed by atoms with van der Waals surface area (Å²) >= 11 is 0.